The number of methoxy groups -OCH3 is 1. The molecule has 0 aromatic rings. The van der Waals surface area contributed by atoms with E-state index in [1.165, 1.54) is 25.7 Å². The van der Waals surface area contributed by atoms with E-state index in [-0.39, 0.29) is 5.60 Å². The Morgan fingerprint density at radius 1 is 1.32 bits per heavy atom. The minimum atomic E-state index is -0.229. The zero-order valence-corrected chi connectivity index (χ0v) is 19.6. The molecule has 9 nitrogen and oxygen atoms in total. The van der Waals surface area contributed by atoms with Gasteiger partial charge in [-0.1, -0.05) is 31.8 Å². The number of amidine groups is 3. The second-order valence-electron chi connectivity index (χ2n) is 9.33. The van der Waals surface area contributed by atoms with Gasteiger partial charge in [-0.15, -0.1) is 0 Å². The van der Waals surface area contributed by atoms with Crippen LogP contribution in [0.2, 0.25) is 0 Å². The highest BCUT2D eigenvalue weighted by atomic mass is 16.6. The molecule has 0 spiro atoms. The smallest absolute Gasteiger partial charge is 0.213 e. The SMILES string of the molecule is C/N=C(\N=C(\N)CN(CC1(OC)CCOCC1C)C[C@H]1CC[C@H](C)CC1)C1=NOCN1. The largest absolute Gasteiger partial charge is 0.386 e. The highest BCUT2D eigenvalue weighted by molar-refractivity contribution is 6.42. The molecule has 31 heavy (non-hydrogen) atoms. The summed E-state index contributed by atoms with van der Waals surface area (Å²) in [5.74, 6) is 3.34. The Balaban J connectivity index is 1.73. The topological polar surface area (TPSA) is 106 Å². The predicted molar refractivity (Wildman–Crippen MR) is 123 cm³/mol. The number of ether oxygens (including phenoxy) is 2. The Labute approximate surface area is 186 Å². The molecule has 1 aliphatic carbocycles. The Morgan fingerprint density at radius 3 is 2.71 bits per heavy atom. The summed E-state index contributed by atoms with van der Waals surface area (Å²) in [5.41, 5.74) is 6.18. The van der Waals surface area contributed by atoms with Crippen LogP contribution in [0.1, 0.15) is 46.0 Å². The second kappa shape index (κ2) is 11.2. The number of rotatable bonds is 8. The number of oxime groups is 1. The maximum Gasteiger partial charge on any atom is 0.213 e. The summed E-state index contributed by atoms with van der Waals surface area (Å²) in [4.78, 5) is 16.2. The van der Waals surface area contributed by atoms with E-state index in [1.54, 1.807) is 7.05 Å². The summed E-state index contributed by atoms with van der Waals surface area (Å²) < 4.78 is 11.8. The van der Waals surface area contributed by atoms with Crippen LogP contribution >= 0.6 is 0 Å². The number of hydrogen-bond acceptors (Lipinski definition) is 7. The van der Waals surface area contributed by atoms with Crippen molar-refractivity contribution >= 4 is 17.5 Å². The molecule has 0 aromatic carbocycles. The third-order valence-corrected chi connectivity index (χ3v) is 7.00. The summed E-state index contributed by atoms with van der Waals surface area (Å²) in [5, 5.41) is 6.94. The first kappa shape index (κ1) is 23.9. The molecule has 2 aliphatic heterocycles. The fourth-order valence-corrected chi connectivity index (χ4v) is 4.91. The molecule has 2 atom stereocenters. The fourth-order valence-electron chi connectivity index (χ4n) is 4.91. The fraction of sp³-hybridized carbons (Fsp3) is 0.864. The van der Waals surface area contributed by atoms with Crippen LogP contribution in [0, 0.1) is 17.8 Å². The zero-order chi connectivity index (χ0) is 22.3. The standard InChI is InChI=1S/C22H40N6O3/c1-16-5-7-18(8-6-16)11-28(14-22(29-4)9-10-30-13-17(22)2)12-19(23)26-20(24-3)21-25-15-31-27-21/h16-18H,5-15H2,1-4H3,(H,25,27)(H2,23,24,26)/t16-,17?,18-,22?. The highest BCUT2D eigenvalue weighted by Crippen LogP contribution is 2.33. The third kappa shape index (κ3) is 6.40. The molecule has 3 aliphatic rings. The molecule has 3 N–H and O–H groups in total. The van der Waals surface area contributed by atoms with Crippen LogP contribution < -0.4 is 11.1 Å². The normalized spacial score (nSPS) is 32.5. The van der Waals surface area contributed by atoms with Crippen LogP contribution in [0.25, 0.3) is 0 Å². The Bertz CT molecular complexity index is 674. The number of aliphatic imine (C=N–C) groups is 2. The van der Waals surface area contributed by atoms with E-state index in [0.717, 1.165) is 38.6 Å². The molecule has 0 bridgehead atoms. The van der Waals surface area contributed by atoms with Crippen LogP contribution in [0.5, 0.6) is 0 Å². The molecule has 1 saturated carbocycles. The molecule has 3 rings (SSSR count). The van der Waals surface area contributed by atoms with Gasteiger partial charge in [-0.2, -0.15) is 0 Å². The lowest BCUT2D eigenvalue weighted by Crippen LogP contribution is -2.55. The van der Waals surface area contributed by atoms with Gasteiger partial charge in [-0.05, 0) is 24.7 Å². The Kier molecular flexibility index (Phi) is 8.68. The van der Waals surface area contributed by atoms with Crippen molar-refractivity contribution in [3.05, 3.63) is 0 Å². The van der Waals surface area contributed by atoms with Gasteiger partial charge in [0.2, 0.25) is 5.84 Å². The monoisotopic (exact) mass is 436 g/mol. The van der Waals surface area contributed by atoms with Gasteiger partial charge in [0.05, 0.1) is 18.8 Å². The molecule has 0 radical (unpaired) electrons. The lowest BCUT2D eigenvalue weighted by atomic mass is 9.81. The van der Waals surface area contributed by atoms with Crippen LogP contribution in [-0.4, -0.2) is 81.7 Å². The predicted octanol–water partition coefficient (Wildman–Crippen LogP) is 1.83. The van der Waals surface area contributed by atoms with Gasteiger partial charge in [-0.3, -0.25) is 9.89 Å². The lowest BCUT2D eigenvalue weighted by molar-refractivity contribution is -0.140. The van der Waals surface area contributed by atoms with Crippen molar-refractivity contribution in [3.8, 4) is 0 Å². The molecular formula is C22H40N6O3. The van der Waals surface area contributed by atoms with Gasteiger partial charge in [0.15, 0.2) is 12.6 Å². The van der Waals surface area contributed by atoms with E-state index < -0.39 is 0 Å². The highest BCUT2D eigenvalue weighted by Gasteiger charge is 2.41. The average molecular weight is 437 g/mol. The molecule has 9 heteroatoms. The summed E-state index contributed by atoms with van der Waals surface area (Å²) in [6.07, 6.45) is 6.04. The zero-order valence-electron chi connectivity index (χ0n) is 19.6. The van der Waals surface area contributed by atoms with E-state index in [9.17, 15) is 0 Å². The van der Waals surface area contributed by atoms with Crippen LogP contribution in [0.3, 0.4) is 0 Å². The lowest BCUT2D eigenvalue weighted by Gasteiger charge is -2.45. The molecule has 2 fully saturated rings. The van der Waals surface area contributed by atoms with Gasteiger partial charge >= 0.3 is 0 Å². The molecule has 0 amide bonds. The van der Waals surface area contributed by atoms with Gasteiger partial charge in [0, 0.05) is 46.2 Å². The first-order valence-electron chi connectivity index (χ1n) is 11.5. The average Bonchev–Trinajstić information content (AvgIpc) is 3.30. The summed E-state index contributed by atoms with van der Waals surface area (Å²) in [6, 6.07) is 0. The summed E-state index contributed by atoms with van der Waals surface area (Å²) >= 11 is 0. The summed E-state index contributed by atoms with van der Waals surface area (Å²) in [7, 11) is 3.50. The molecule has 1 saturated heterocycles. The van der Waals surface area contributed by atoms with Gasteiger partial charge in [0.1, 0.15) is 5.84 Å². The Hall–Kier alpha value is -1.71. The van der Waals surface area contributed by atoms with E-state index in [1.807, 2.05) is 7.11 Å². The molecule has 0 aromatic heterocycles. The number of nitrogens with one attached hydrogen (secondary N) is 1. The molecular weight excluding hydrogens is 396 g/mol. The Morgan fingerprint density at radius 2 is 2.10 bits per heavy atom. The molecule has 2 unspecified atom stereocenters. The van der Waals surface area contributed by atoms with E-state index >= 15 is 0 Å². The number of hydrogen-bond donors (Lipinski definition) is 2. The van der Waals surface area contributed by atoms with Crippen molar-refractivity contribution in [1.29, 1.82) is 0 Å². The number of nitrogens with two attached hydrogens (primary N) is 1. The van der Waals surface area contributed by atoms with E-state index in [0.29, 0.717) is 42.6 Å². The number of nitrogens with zero attached hydrogens (tertiary/aromatic N) is 4. The van der Waals surface area contributed by atoms with Crippen molar-refractivity contribution in [3.63, 3.8) is 0 Å². The van der Waals surface area contributed by atoms with Gasteiger partial charge in [-0.25, -0.2) is 4.99 Å². The van der Waals surface area contributed by atoms with E-state index in [4.69, 9.17) is 20.0 Å². The second-order valence-corrected chi connectivity index (χ2v) is 9.33. The minimum Gasteiger partial charge on any atom is -0.386 e. The first-order valence-corrected chi connectivity index (χ1v) is 11.5. The van der Waals surface area contributed by atoms with Crippen molar-refractivity contribution in [1.82, 2.24) is 10.2 Å². The van der Waals surface area contributed by atoms with Crippen molar-refractivity contribution < 1.29 is 14.3 Å². The van der Waals surface area contributed by atoms with Crippen LogP contribution in [-0.2, 0) is 14.3 Å². The maximum absolute atomic E-state index is 6.41. The van der Waals surface area contributed by atoms with Crippen LogP contribution in [0.4, 0.5) is 0 Å². The van der Waals surface area contributed by atoms with Gasteiger partial charge in [0.25, 0.3) is 0 Å². The molecule has 176 valence electrons. The quantitative estimate of drug-likeness (QED) is 0.444. The van der Waals surface area contributed by atoms with Crippen LogP contribution in [0.15, 0.2) is 15.1 Å². The van der Waals surface area contributed by atoms with E-state index in [2.05, 4.69) is 39.2 Å². The minimum absolute atomic E-state index is 0.229. The van der Waals surface area contributed by atoms with Gasteiger partial charge < -0.3 is 25.4 Å². The first-order chi connectivity index (χ1) is 15.0. The van der Waals surface area contributed by atoms with Crippen molar-refractivity contribution in [2.45, 2.75) is 51.6 Å². The third-order valence-electron chi connectivity index (χ3n) is 7.00. The maximum atomic E-state index is 6.41. The molecule has 2 heterocycles. The van der Waals surface area contributed by atoms with Crippen molar-refractivity contribution in [2.75, 3.05) is 53.7 Å². The van der Waals surface area contributed by atoms with Crippen molar-refractivity contribution in [2.24, 2.45) is 38.6 Å². The summed E-state index contributed by atoms with van der Waals surface area (Å²) in [6.45, 7) is 8.74.